The van der Waals surface area contributed by atoms with E-state index in [-0.39, 0.29) is 33.8 Å². The maximum absolute atomic E-state index is 12.9. The average molecular weight is 599 g/mol. The summed E-state index contributed by atoms with van der Waals surface area (Å²) in [5.41, 5.74) is 3.47. The topological polar surface area (TPSA) is 110 Å². The molecule has 1 aliphatic rings. The van der Waals surface area contributed by atoms with Crippen LogP contribution in [0.2, 0.25) is 5.02 Å². The third-order valence-corrected chi connectivity index (χ3v) is 9.29. The summed E-state index contributed by atoms with van der Waals surface area (Å²) >= 11 is 6.12. The van der Waals surface area contributed by atoms with Crippen LogP contribution in [0, 0.1) is 6.92 Å². The standard InChI is InChI=1S/C31H39ClN4O4S/c1-21-17-22(20-41(38,39)28-8-6-5-7-27(28)32)9-11-24(21)12-10-23-18-33-29(34-19-23)35-25-13-15-26(16-14-25)36-30(37)40-31(2,3)4/h5-9,11,17-19,25-26H,10,12-16,20H2,1-4H3,(H,36,37)(H,33,34,35). The number of amides is 1. The van der Waals surface area contributed by atoms with Crippen molar-refractivity contribution in [3.63, 3.8) is 0 Å². The minimum atomic E-state index is -3.53. The van der Waals surface area contributed by atoms with Crippen LogP contribution in [0.5, 0.6) is 0 Å². The first-order valence-corrected chi connectivity index (χ1v) is 16.0. The molecule has 220 valence electrons. The van der Waals surface area contributed by atoms with Crippen LogP contribution in [-0.4, -0.2) is 42.2 Å². The summed E-state index contributed by atoms with van der Waals surface area (Å²) in [6.45, 7) is 7.58. The minimum Gasteiger partial charge on any atom is -0.444 e. The van der Waals surface area contributed by atoms with Gasteiger partial charge < -0.3 is 15.4 Å². The largest absolute Gasteiger partial charge is 0.444 e. The molecule has 41 heavy (non-hydrogen) atoms. The number of hydrogen-bond donors (Lipinski definition) is 2. The molecule has 1 amide bonds. The zero-order valence-corrected chi connectivity index (χ0v) is 25.7. The molecular weight excluding hydrogens is 560 g/mol. The van der Waals surface area contributed by atoms with E-state index in [1.807, 2.05) is 58.3 Å². The van der Waals surface area contributed by atoms with Gasteiger partial charge in [-0.05, 0) is 101 Å². The summed E-state index contributed by atoms with van der Waals surface area (Å²) in [6.07, 6.45) is 8.50. The number of anilines is 1. The van der Waals surface area contributed by atoms with Gasteiger partial charge in [-0.3, -0.25) is 0 Å². The van der Waals surface area contributed by atoms with Gasteiger partial charge in [0.05, 0.1) is 15.7 Å². The summed E-state index contributed by atoms with van der Waals surface area (Å²) in [7, 11) is -3.53. The Morgan fingerprint density at radius 2 is 1.63 bits per heavy atom. The molecule has 0 aliphatic heterocycles. The molecule has 1 fully saturated rings. The molecule has 8 nitrogen and oxygen atoms in total. The van der Waals surface area contributed by atoms with Crippen LogP contribution in [0.4, 0.5) is 10.7 Å². The van der Waals surface area contributed by atoms with Gasteiger partial charge in [0.1, 0.15) is 5.60 Å². The van der Waals surface area contributed by atoms with E-state index in [2.05, 4.69) is 20.6 Å². The maximum Gasteiger partial charge on any atom is 0.407 e. The molecule has 0 radical (unpaired) electrons. The Balaban J connectivity index is 1.24. The SMILES string of the molecule is Cc1cc(CS(=O)(=O)c2ccccc2Cl)ccc1CCc1cnc(NC2CCC(NC(=O)OC(C)(C)C)CC2)nc1. The lowest BCUT2D eigenvalue weighted by molar-refractivity contribution is 0.0492. The molecule has 3 aromatic rings. The van der Waals surface area contributed by atoms with Gasteiger partial charge in [0.15, 0.2) is 9.84 Å². The van der Waals surface area contributed by atoms with Crippen LogP contribution in [0.1, 0.15) is 68.7 Å². The molecule has 0 saturated heterocycles. The number of sulfone groups is 1. The van der Waals surface area contributed by atoms with E-state index >= 15 is 0 Å². The van der Waals surface area contributed by atoms with Crippen molar-refractivity contribution in [2.24, 2.45) is 0 Å². The van der Waals surface area contributed by atoms with Gasteiger partial charge in [0.25, 0.3) is 0 Å². The fraction of sp³-hybridized carbons (Fsp3) is 0.452. The maximum atomic E-state index is 12.9. The van der Waals surface area contributed by atoms with E-state index in [9.17, 15) is 13.2 Å². The van der Waals surface area contributed by atoms with Crippen molar-refractivity contribution in [3.05, 3.63) is 82.1 Å². The fourth-order valence-corrected chi connectivity index (χ4v) is 6.91. The van der Waals surface area contributed by atoms with E-state index < -0.39 is 15.4 Å². The van der Waals surface area contributed by atoms with Crippen molar-refractivity contribution in [1.82, 2.24) is 15.3 Å². The third-order valence-electron chi connectivity index (χ3n) is 7.10. The van der Waals surface area contributed by atoms with Crippen molar-refractivity contribution in [2.75, 3.05) is 5.32 Å². The number of nitrogens with one attached hydrogen (secondary N) is 2. The molecule has 1 heterocycles. The molecule has 1 saturated carbocycles. The number of rotatable bonds is 9. The molecule has 2 aromatic carbocycles. The van der Waals surface area contributed by atoms with Gasteiger partial charge in [-0.2, -0.15) is 0 Å². The number of aryl methyl sites for hydroxylation is 3. The molecule has 0 atom stereocenters. The minimum absolute atomic E-state index is 0.0952. The van der Waals surface area contributed by atoms with Crippen LogP contribution in [0.25, 0.3) is 0 Å². The van der Waals surface area contributed by atoms with Gasteiger partial charge in [0.2, 0.25) is 5.95 Å². The Bertz CT molecular complexity index is 1450. The van der Waals surface area contributed by atoms with E-state index in [1.54, 1.807) is 24.3 Å². The predicted octanol–water partition coefficient (Wildman–Crippen LogP) is 6.45. The van der Waals surface area contributed by atoms with Crippen molar-refractivity contribution < 1.29 is 17.9 Å². The monoisotopic (exact) mass is 598 g/mol. The summed E-state index contributed by atoms with van der Waals surface area (Å²) in [5.74, 6) is 0.514. The third kappa shape index (κ3) is 9.16. The van der Waals surface area contributed by atoms with Gasteiger partial charge in [-0.15, -0.1) is 0 Å². The molecule has 4 rings (SSSR count). The number of benzene rings is 2. The molecular formula is C31H39ClN4O4S. The molecule has 2 N–H and O–H groups in total. The van der Waals surface area contributed by atoms with Crippen LogP contribution in [0.15, 0.2) is 59.8 Å². The fourth-order valence-electron chi connectivity index (χ4n) is 5.00. The lowest BCUT2D eigenvalue weighted by atomic mass is 9.91. The Morgan fingerprint density at radius 1 is 0.976 bits per heavy atom. The number of nitrogens with zero attached hydrogens (tertiary/aromatic N) is 2. The second-order valence-electron chi connectivity index (χ2n) is 11.7. The zero-order valence-electron chi connectivity index (χ0n) is 24.1. The highest BCUT2D eigenvalue weighted by molar-refractivity contribution is 7.90. The highest BCUT2D eigenvalue weighted by atomic mass is 35.5. The van der Waals surface area contributed by atoms with Crippen molar-refractivity contribution >= 4 is 33.5 Å². The van der Waals surface area contributed by atoms with Gasteiger partial charge in [0, 0.05) is 24.5 Å². The van der Waals surface area contributed by atoms with Crippen LogP contribution < -0.4 is 10.6 Å². The molecule has 1 aromatic heterocycles. The van der Waals surface area contributed by atoms with Crippen LogP contribution in [0.3, 0.4) is 0 Å². The zero-order chi connectivity index (χ0) is 29.6. The van der Waals surface area contributed by atoms with E-state index in [1.165, 1.54) is 0 Å². The molecule has 0 spiro atoms. The highest BCUT2D eigenvalue weighted by Gasteiger charge is 2.25. The predicted molar refractivity (Wildman–Crippen MR) is 162 cm³/mol. The summed E-state index contributed by atoms with van der Waals surface area (Å²) in [6, 6.07) is 12.7. The summed E-state index contributed by atoms with van der Waals surface area (Å²) in [4.78, 5) is 21.2. The second kappa shape index (κ2) is 13.2. The molecule has 10 heteroatoms. The van der Waals surface area contributed by atoms with Crippen molar-refractivity contribution in [3.8, 4) is 0 Å². The quantitative estimate of drug-likeness (QED) is 0.291. The number of halogens is 1. The normalized spacial score (nSPS) is 17.6. The molecule has 0 unspecified atom stereocenters. The number of alkyl carbamates (subject to hydrolysis) is 1. The lowest BCUT2D eigenvalue weighted by Crippen LogP contribution is -2.42. The van der Waals surface area contributed by atoms with E-state index in [4.69, 9.17) is 16.3 Å². The van der Waals surface area contributed by atoms with Gasteiger partial charge >= 0.3 is 6.09 Å². The summed E-state index contributed by atoms with van der Waals surface area (Å²) < 4.78 is 31.1. The number of carbonyl (C=O) groups is 1. The smallest absolute Gasteiger partial charge is 0.407 e. The Hall–Kier alpha value is -3.17. The van der Waals surface area contributed by atoms with Crippen molar-refractivity contribution in [2.45, 2.75) is 94.6 Å². The van der Waals surface area contributed by atoms with E-state index in [0.29, 0.717) is 5.95 Å². The number of aromatic nitrogens is 2. The average Bonchev–Trinajstić information content (AvgIpc) is 2.89. The second-order valence-corrected chi connectivity index (χ2v) is 14.1. The number of hydrogen-bond acceptors (Lipinski definition) is 7. The number of carbonyl (C=O) groups excluding carboxylic acids is 1. The van der Waals surface area contributed by atoms with Crippen molar-refractivity contribution in [1.29, 1.82) is 0 Å². The van der Waals surface area contributed by atoms with Gasteiger partial charge in [-0.1, -0.05) is 41.9 Å². The Labute approximate surface area is 248 Å². The van der Waals surface area contributed by atoms with Crippen LogP contribution >= 0.6 is 11.6 Å². The first kappa shape index (κ1) is 30.8. The summed E-state index contributed by atoms with van der Waals surface area (Å²) in [5, 5.41) is 6.63. The first-order valence-electron chi connectivity index (χ1n) is 14.0. The highest BCUT2D eigenvalue weighted by Crippen LogP contribution is 2.26. The number of ether oxygens (including phenoxy) is 1. The van der Waals surface area contributed by atoms with Crippen LogP contribution in [-0.2, 0) is 33.2 Å². The molecule has 0 bridgehead atoms. The van der Waals surface area contributed by atoms with E-state index in [0.717, 1.165) is 60.8 Å². The molecule has 1 aliphatic carbocycles. The lowest BCUT2D eigenvalue weighted by Gasteiger charge is -2.30. The van der Waals surface area contributed by atoms with Gasteiger partial charge in [-0.25, -0.2) is 23.2 Å². The first-order chi connectivity index (χ1) is 19.4. The Kier molecular flexibility index (Phi) is 9.92. The Morgan fingerprint density at radius 3 is 2.27 bits per heavy atom.